The van der Waals surface area contributed by atoms with Gasteiger partial charge in [-0.2, -0.15) is 0 Å². The highest BCUT2D eigenvalue weighted by atomic mass is 16.5. The van der Waals surface area contributed by atoms with Crippen LogP contribution in [0.5, 0.6) is 0 Å². The molecule has 6 heteroatoms. The smallest absolute Gasteiger partial charge is 0.305 e. The zero-order valence-corrected chi connectivity index (χ0v) is 46.3. The zero-order valence-electron chi connectivity index (χ0n) is 46.3. The second kappa shape index (κ2) is 58.6. The summed E-state index contributed by atoms with van der Waals surface area (Å²) in [6, 6.07) is -0.631. The maximum Gasteiger partial charge on any atom is 0.305 e. The molecule has 0 heterocycles. The summed E-state index contributed by atoms with van der Waals surface area (Å²) >= 11 is 0. The molecule has 1 amide bonds. The molecule has 406 valence electrons. The molecular formula is C63H119NO5. The van der Waals surface area contributed by atoms with E-state index in [2.05, 4.69) is 43.5 Å². The number of hydrogen-bond acceptors (Lipinski definition) is 5. The normalized spacial score (nSPS) is 12.8. The maximum atomic E-state index is 12.4. The highest BCUT2D eigenvalue weighted by molar-refractivity contribution is 5.76. The van der Waals surface area contributed by atoms with Crippen LogP contribution in [0.4, 0.5) is 0 Å². The molecular weight excluding hydrogens is 851 g/mol. The maximum absolute atomic E-state index is 12.4. The van der Waals surface area contributed by atoms with Crippen LogP contribution < -0.4 is 5.32 Å². The molecule has 0 bridgehead atoms. The number of carbonyl (C=O) groups is 2. The molecule has 0 radical (unpaired) electrons. The first-order valence-electron chi connectivity index (χ1n) is 30.8. The third-order valence-electron chi connectivity index (χ3n) is 14.1. The van der Waals surface area contributed by atoms with Gasteiger partial charge in [0, 0.05) is 12.8 Å². The molecule has 6 nitrogen and oxygen atoms in total. The van der Waals surface area contributed by atoms with E-state index in [1.807, 2.05) is 6.08 Å². The lowest BCUT2D eigenvalue weighted by molar-refractivity contribution is -0.143. The lowest BCUT2D eigenvalue weighted by Gasteiger charge is -2.20. The summed E-state index contributed by atoms with van der Waals surface area (Å²) in [5.41, 5.74) is 0. The number of esters is 1. The minimum atomic E-state index is -0.847. The molecule has 0 fully saturated rings. The highest BCUT2D eigenvalue weighted by Crippen LogP contribution is 2.16. The van der Waals surface area contributed by atoms with Gasteiger partial charge in [-0.3, -0.25) is 9.59 Å². The van der Waals surface area contributed by atoms with Crippen LogP contribution in [0.15, 0.2) is 36.5 Å². The van der Waals surface area contributed by atoms with Gasteiger partial charge in [0.2, 0.25) is 5.91 Å². The predicted molar refractivity (Wildman–Crippen MR) is 301 cm³/mol. The molecule has 2 atom stereocenters. The lowest BCUT2D eigenvalue weighted by atomic mass is 10.0. The molecule has 3 N–H and O–H groups in total. The average molecular weight is 971 g/mol. The van der Waals surface area contributed by atoms with Crippen molar-refractivity contribution in [2.45, 2.75) is 341 Å². The van der Waals surface area contributed by atoms with E-state index in [4.69, 9.17) is 4.74 Å². The van der Waals surface area contributed by atoms with Crippen molar-refractivity contribution in [2.75, 3.05) is 13.2 Å². The minimum absolute atomic E-state index is 0.00399. The van der Waals surface area contributed by atoms with Crippen LogP contribution >= 0.6 is 0 Å². The molecule has 2 unspecified atom stereocenters. The van der Waals surface area contributed by atoms with E-state index in [-0.39, 0.29) is 18.5 Å². The summed E-state index contributed by atoms with van der Waals surface area (Å²) < 4.78 is 5.48. The number of unbranched alkanes of at least 4 members (excludes halogenated alkanes) is 42. The van der Waals surface area contributed by atoms with Crippen LogP contribution in [0, 0.1) is 0 Å². The number of allylic oxidation sites excluding steroid dienone is 5. The zero-order chi connectivity index (χ0) is 50.0. The Morgan fingerprint density at radius 3 is 1.03 bits per heavy atom. The second-order valence-electron chi connectivity index (χ2n) is 21.0. The van der Waals surface area contributed by atoms with Gasteiger partial charge in [-0.05, 0) is 83.5 Å². The molecule has 69 heavy (non-hydrogen) atoms. The molecule has 0 aromatic rings. The Balaban J connectivity index is 3.41. The van der Waals surface area contributed by atoms with Gasteiger partial charge in [-0.25, -0.2) is 0 Å². The van der Waals surface area contributed by atoms with Crippen molar-refractivity contribution >= 4 is 11.9 Å². The fraction of sp³-hybridized carbons (Fsp3) is 0.873. The molecule has 0 rings (SSSR count). The van der Waals surface area contributed by atoms with Crippen LogP contribution in [-0.2, 0) is 14.3 Å². The summed E-state index contributed by atoms with van der Waals surface area (Å²) in [4.78, 5) is 24.5. The van der Waals surface area contributed by atoms with Gasteiger partial charge in [0.25, 0.3) is 0 Å². The van der Waals surface area contributed by atoms with Crippen LogP contribution in [-0.4, -0.2) is 47.4 Å². The largest absolute Gasteiger partial charge is 0.466 e. The molecule has 0 aliphatic heterocycles. The molecule has 0 aliphatic rings. The van der Waals surface area contributed by atoms with Crippen molar-refractivity contribution in [2.24, 2.45) is 0 Å². The van der Waals surface area contributed by atoms with Gasteiger partial charge in [0.1, 0.15) is 0 Å². The SMILES string of the molecule is CCCCCCCC/C=C\CCCCCCCC(=O)OCCCCCCCCCCCCCC/C=C\CCCCCCCCCCC(=O)NC(CO)C(O)/C=C/CCCCCCCCCCCCC. The molecule has 0 aliphatic carbocycles. The first kappa shape index (κ1) is 67.1. The molecule has 0 aromatic heterocycles. The van der Waals surface area contributed by atoms with E-state index >= 15 is 0 Å². The van der Waals surface area contributed by atoms with Gasteiger partial charge < -0.3 is 20.3 Å². The Labute approximate surface area is 430 Å². The van der Waals surface area contributed by atoms with E-state index in [1.54, 1.807) is 6.08 Å². The van der Waals surface area contributed by atoms with E-state index in [0.717, 1.165) is 44.9 Å². The number of amides is 1. The third kappa shape index (κ3) is 55.2. The molecule has 0 aromatic carbocycles. The van der Waals surface area contributed by atoms with Crippen LogP contribution in [0.3, 0.4) is 0 Å². The topological polar surface area (TPSA) is 95.9 Å². The van der Waals surface area contributed by atoms with Gasteiger partial charge >= 0.3 is 5.97 Å². The molecule has 0 spiro atoms. The third-order valence-corrected chi connectivity index (χ3v) is 14.1. The van der Waals surface area contributed by atoms with Crippen molar-refractivity contribution in [3.8, 4) is 0 Å². The standard InChI is InChI=1S/C63H119NO5/c1-3-5-7-9-11-13-15-17-28-33-37-41-45-49-53-57-63(68)69-58-54-50-46-42-38-34-30-27-25-23-21-19-18-20-22-24-26-29-32-36-40-44-48-52-56-62(67)64-60(59-65)61(66)55-51-47-43-39-35-31-16-14-12-10-8-6-4-2/h17,20,22,28,51,55,60-61,65-66H,3-16,18-19,21,23-27,29-50,52-54,56-59H2,1-2H3,(H,64,67)/b22-20-,28-17-,55-51+. The van der Waals surface area contributed by atoms with Gasteiger partial charge in [-0.1, -0.05) is 269 Å². The first-order chi connectivity index (χ1) is 34.0. The van der Waals surface area contributed by atoms with Crippen LogP contribution in [0.1, 0.15) is 328 Å². The summed E-state index contributed by atoms with van der Waals surface area (Å²) in [6.07, 6.45) is 73.3. The van der Waals surface area contributed by atoms with Crippen LogP contribution in [0.2, 0.25) is 0 Å². The summed E-state index contributed by atoms with van der Waals surface area (Å²) in [5.74, 6) is -0.0685. The van der Waals surface area contributed by atoms with Gasteiger partial charge in [0.05, 0.1) is 25.4 Å². The monoisotopic (exact) mass is 970 g/mol. The summed E-state index contributed by atoms with van der Waals surface area (Å²) in [7, 11) is 0. The first-order valence-corrected chi connectivity index (χ1v) is 30.8. The number of hydrogen-bond donors (Lipinski definition) is 3. The lowest BCUT2D eigenvalue weighted by Crippen LogP contribution is -2.45. The van der Waals surface area contributed by atoms with Crippen molar-refractivity contribution in [1.82, 2.24) is 5.32 Å². The highest BCUT2D eigenvalue weighted by Gasteiger charge is 2.18. The summed E-state index contributed by atoms with van der Waals surface area (Å²) in [5, 5.41) is 23.1. The fourth-order valence-electron chi connectivity index (χ4n) is 9.39. The number of rotatable bonds is 57. The summed E-state index contributed by atoms with van der Waals surface area (Å²) in [6.45, 7) is 4.90. The van der Waals surface area contributed by atoms with Crippen LogP contribution in [0.25, 0.3) is 0 Å². The van der Waals surface area contributed by atoms with Crippen molar-refractivity contribution in [3.05, 3.63) is 36.5 Å². The van der Waals surface area contributed by atoms with E-state index in [0.29, 0.717) is 19.4 Å². The quantitative estimate of drug-likeness (QED) is 0.0321. The minimum Gasteiger partial charge on any atom is -0.466 e. The number of aliphatic hydroxyl groups is 2. The number of carbonyl (C=O) groups excluding carboxylic acids is 2. The number of ether oxygens (including phenoxy) is 1. The average Bonchev–Trinajstić information content (AvgIpc) is 3.35. The Kier molecular flexibility index (Phi) is 57.0. The van der Waals surface area contributed by atoms with E-state index in [9.17, 15) is 19.8 Å². The molecule has 0 saturated carbocycles. The van der Waals surface area contributed by atoms with Crippen molar-refractivity contribution in [1.29, 1.82) is 0 Å². The Morgan fingerprint density at radius 2 is 0.681 bits per heavy atom. The van der Waals surface area contributed by atoms with Crippen molar-refractivity contribution < 1.29 is 24.5 Å². The number of aliphatic hydroxyl groups excluding tert-OH is 2. The van der Waals surface area contributed by atoms with Gasteiger partial charge in [-0.15, -0.1) is 0 Å². The van der Waals surface area contributed by atoms with E-state index in [1.165, 1.54) is 257 Å². The Hall–Kier alpha value is -1.92. The second-order valence-corrected chi connectivity index (χ2v) is 21.0. The van der Waals surface area contributed by atoms with E-state index < -0.39 is 12.1 Å². The van der Waals surface area contributed by atoms with Crippen molar-refractivity contribution in [3.63, 3.8) is 0 Å². The number of nitrogens with one attached hydrogen (secondary N) is 1. The predicted octanol–water partition coefficient (Wildman–Crippen LogP) is 19.2. The Morgan fingerprint density at radius 1 is 0.391 bits per heavy atom. The fourth-order valence-corrected chi connectivity index (χ4v) is 9.39. The van der Waals surface area contributed by atoms with Gasteiger partial charge in [0.15, 0.2) is 0 Å². The molecule has 0 saturated heterocycles. The Bertz CT molecular complexity index is 1120.